The van der Waals surface area contributed by atoms with Gasteiger partial charge in [0.25, 0.3) is 5.91 Å². The van der Waals surface area contributed by atoms with E-state index in [-0.39, 0.29) is 11.3 Å². The third-order valence-electron chi connectivity index (χ3n) is 4.07. The summed E-state index contributed by atoms with van der Waals surface area (Å²) in [5.41, 5.74) is 1.41. The molecule has 0 aliphatic carbocycles. The maximum Gasteiger partial charge on any atom is 0.307 e. The van der Waals surface area contributed by atoms with E-state index in [4.69, 9.17) is 4.74 Å². The zero-order chi connectivity index (χ0) is 20.7. The molecule has 0 atom stereocenters. The lowest BCUT2D eigenvalue weighted by atomic mass is 10.2. The van der Waals surface area contributed by atoms with Crippen molar-refractivity contribution in [2.75, 3.05) is 23.8 Å². The smallest absolute Gasteiger partial charge is 0.307 e. The normalized spacial score (nSPS) is 11.1. The molecule has 28 heavy (non-hydrogen) atoms. The number of amides is 1. The van der Waals surface area contributed by atoms with Crippen LogP contribution in [0.4, 0.5) is 10.1 Å². The molecule has 8 heteroatoms. The molecule has 0 aromatic heterocycles. The molecule has 150 valence electrons. The van der Waals surface area contributed by atoms with Gasteiger partial charge in [0.15, 0.2) is 16.4 Å². The fourth-order valence-electron chi connectivity index (χ4n) is 2.50. The van der Waals surface area contributed by atoms with Crippen LogP contribution in [0.25, 0.3) is 0 Å². The van der Waals surface area contributed by atoms with Crippen LogP contribution in [0.1, 0.15) is 18.9 Å². The SMILES string of the molecule is CCN(C(=O)COC(=O)CCS(=O)(=O)c1ccc(C)cc1)c1ccc(F)cc1. The van der Waals surface area contributed by atoms with E-state index in [1.165, 1.54) is 41.3 Å². The van der Waals surface area contributed by atoms with Crippen LogP contribution in [0.2, 0.25) is 0 Å². The van der Waals surface area contributed by atoms with E-state index in [1.807, 2.05) is 6.92 Å². The van der Waals surface area contributed by atoms with Crippen molar-refractivity contribution >= 4 is 27.4 Å². The van der Waals surface area contributed by atoms with Crippen molar-refractivity contribution in [3.63, 3.8) is 0 Å². The Morgan fingerprint density at radius 3 is 2.21 bits per heavy atom. The van der Waals surface area contributed by atoms with Gasteiger partial charge >= 0.3 is 5.97 Å². The van der Waals surface area contributed by atoms with E-state index in [9.17, 15) is 22.4 Å². The van der Waals surface area contributed by atoms with Crippen LogP contribution in [-0.2, 0) is 24.2 Å². The topological polar surface area (TPSA) is 80.8 Å². The highest BCUT2D eigenvalue weighted by Gasteiger charge is 2.19. The second-order valence-electron chi connectivity index (χ2n) is 6.16. The number of carbonyl (C=O) groups excluding carboxylic acids is 2. The van der Waals surface area contributed by atoms with E-state index >= 15 is 0 Å². The summed E-state index contributed by atoms with van der Waals surface area (Å²) in [6.07, 6.45) is -0.355. The van der Waals surface area contributed by atoms with Gasteiger partial charge in [-0.2, -0.15) is 0 Å². The monoisotopic (exact) mass is 407 g/mol. The highest BCUT2D eigenvalue weighted by Crippen LogP contribution is 2.16. The molecular weight excluding hydrogens is 385 g/mol. The highest BCUT2D eigenvalue weighted by atomic mass is 32.2. The molecule has 0 aliphatic heterocycles. The zero-order valence-corrected chi connectivity index (χ0v) is 16.5. The van der Waals surface area contributed by atoms with E-state index in [1.54, 1.807) is 19.1 Å². The Balaban J connectivity index is 1.88. The molecular formula is C20H22FNO5S. The lowest BCUT2D eigenvalue weighted by Crippen LogP contribution is -2.34. The summed E-state index contributed by atoms with van der Waals surface area (Å²) in [5.74, 6) is -2.09. The maximum absolute atomic E-state index is 13.0. The summed E-state index contributed by atoms with van der Waals surface area (Å²) in [6.45, 7) is 3.37. The molecule has 0 bridgehead atoms. The number of aryl methyl sites for hydroxylation is 1. The number of nitrogens with zero attached hydrogens (tertiary/aromatic N) is 1. The number of anilines is 1. The van der Waals surface area contributed by atoms with Crippen LogP contribution in [0.3, 0.4) is 0 Å². The Labute approximate surface area is 163 Å². The van der Waals surface area contributed by atoms with Gasteiger partial charge < -0.3 is 9.64 Å². The zero-order valence-electron chi connectivity index (χ0n) is 15.7. The average Bonchev–Trinajstić information content (AvgIpc) is 2.67. The third-order valence-corrected chi connectivity index (χ3v) is 5.80. The summed E-state index contributed by atoms with van der Waals surface area (Å²) < 4.78 is 42.4. The molecule has 0 radical (unpaired) electrons. The van der Waals surface area contributed by atoms with Crippen molar-refractivity contribution in [3.8, 4) is 0 Å². The number of rotatable bonds is 8. The first-order valence-electron chi connectivity index (χ1n) is 8.74. The maximum atomic E-state index is 13.0. The minimum absolute atomic E-state index is 0.135. The molecule has 0 saturated heterocycles. The molecule has 1 amide bonds. The predicted octanol–water partition coefficient (Wildman–Crippen LogP) is 2.89. The molecule has 0 unspecified atom stereocenters. The van der Waals surface area contributed by atoms with E-state index < -0.39 is 39.9 Å². The summed E-state index contributed by atoms with van der Waals surface area (Å²) in [4.78, 5) is 25.6. The molecule has 0 fully saturated rings. The summed E-state index contributed by atoms with van der Waals surface area (Å²) in [7, 11) is -3.61. The van der Waals surface area contributed by atoms with Crippen molar-refractivity contribution < 1.29 is 27.1 Å². The molecule has 6 nitrogen and oxygen atoms in total. The standard InChI is InChI=1S/C20H22FNO5S/c1-3-22(17-8-6-16(21)7-9-17)19(23)14-27-20(24)12-13-28(25,26)18-10-4-15(2)5-11-18/h4-11H,3,12-14H2,1-2H3. The third kappa shape index (κ3) is 5.88. The first kappa shape index (κ1) is 21.6. The number of carbonyl (C=O) groups is 2. The number of sulfone groups is 1. The molecule has 0 saturated carbocycles. The van der Waals surface area contributed by atoms with Gasteiger partial charge in [-0.15, -0.1) is 0 Å². The van der Waals surface area contributed by atoms with Gasteiger partial charge in [0.2, 0.25) is 0 Å². The van der Waals surface area contributed by atoms with Crippen LogP contribution < -0.4 is 4.90 Å². The fraction of sp³-hybridized carbons (Fsp3) is 0.300. The number of ether oxygens (including phenoxy) is 1. The first-order chi connectivity index (χ1) is 13.2. The van der Waals surface area contributed by atoms with Gasteiger partial charge in [-0.3, -0.25) is 9.59 Å². The Kier molecular flexibility index (Phi) is 7.28. The van der Waals surface area contributed by atoms with Crippen molar-refractivity contribution in [1.82, 2.24) is 0 Å². The molecule has 0 N–H and O–H groups in total. The molecule has 2 aromatic rings. The van der Waals surface area contributed by atoms with Crippen LogP contribution in [0.15, 0.2) is 53.4 Å². The number of halogens is 1. The minimum atomic E-state index is -3.61. The molecule has 0 spiro atoms. The summed E-state index contributed by atoms with van der Waals surface area (Å²) >= 11 is 0. The van der Waals surface area contributed by atoms with Gasteiger partial charge in [-0.25, -0.2) is 12.8 Å². The molecule has 0 heterocycles. The van der Waals surface area contributed by atoms with Gasteiger partial charge in [0.05, 0.1) is 17.1 Å². The number of hydrogen-bond acceptors (Lipinski definition) is 5. The van der Waals surface area contributed by atoms with Crippen molar-refractivity contribution in [1.29, 1.82) is 0 Å². The number of benzene rings is 2. The van der Waals surface area contributed by atoms with Crippen molar-refractivity contribution in [2.24, 2.45) is 0 Å². The van der Waals surface area contributed by atoms with Gasteiger partial charge in [-0.1, -0.05) is 17.7 Å². The van der Waals surface area contributed by atoms with Crippen LogP contribution in [0, 0.1) is 12.7 Å². The Hall–Kier alpha value is -2.74. The molecule has 2 rings (SSSR count). The van der Waals surface area contributed by atoms with Gasteiger partial charge in [0.1, 0.15) is 5.82 Å². The van der Waals surface area contributed by atoms with Gasteiger partial charge in [-0.05, 0) is 50.2 Å². The molecule has 0 aliphatic rings. The summed E-state index contributed by atoms with van der Waals surface area (Å²) in [6, 6.07) is 11.7. The highest BCUT2D eigenvalue weighted by molar-refractivity contribution is 7.91. The van der Waals surface area contributed by atoms with Crippen LogP contribution in [-0.4, -0.2) is 39.2 Å². The van der Waals surface area contributed by atoms with E-state index in [0.29, 0.717) is 12.2 Å². The van der Waals surface area contributed by atoms with Crippen LogP contribution in [0.5, 0.6) is 0 Å². The number of likely N-dealkylation sites (N-methyl/N-ethyl adjacent to an activating group) is 1. The second kappa shape index (κ2) is 9.45. The van der Waals surface area contributed by atoms with Gasteiger partial charge in [0, 0.05) is 12.2 Å². The quantitative estimate of drug-likeness (QED) is 0.629. The minimum Gasteiger partial charge on any atom is -0.456 e. The predicted molar refractivity (Wildman–Crippen MR) is 103 cm³/mol. The van der Waals surface area contributed by atoms with Crippen molar-refractivity contribution in [2.45, 2.75) is 25.2 Å². The lowest BCUT2D eigenvalue weighted by molar-refractivity contribution is -0.147. The Morgan fingerprint density at radius 1 is 1.04 bits per heavy atom. The van der Waals surface area contributed by atoms with Crippen LogP contribution >= 0.6 is 0 Å². The fourth-order valence-corrected chi connectivity index (χ4v) is 3.72. The average molecular weight is 407 g/mol. The van der Waals surface area contributed by atoms with E-state index in [2.05, 4.69) is 0 Å². The first-order valence-corrected chi connectivity index (χ1v) is 10.4. The van der Waals surface area contributed by atoms with Crippen molar-refractivity contribution in [3.05, 3.63) is 59.9 Å². The summed E-state index contributed by atoms with van der Waals surface area (Å²) in [5, 5.41) is 0. The number of esters is 1. The second-order valence-corrected chi connectivity index (χ2v) is 8.27. The Bertz CT molecular complexity index is 924. The number of hydrogen-bond donors (Lipinski definition) is 0. The van der Waals surface area contributed by atoms with E-state index in [0.717, 1.165) is 5.56 Å². The molecule has 2 aromatic carbocycles. The largest absolute Gasteiger partial charge is 0.456 e. The lowest BCUT2D eigenvalue weighted by Gasteiger charge is -2.20. The Morgan fingerprint density at radius 2 is 1.64 bits per heavy atom.